The maximum Gasteiger partial charge on any atom is 0.325 e. The molecule has 0 saturated carbocycles. The minimum absolute atomic E-state index is 0.262. The van der Waals surface area contributed by atoms with Crippen LogP contribution in [0.2, 0.25) is 0 Å². The lowest BCUT2D eigenvalue weighted by atomic mass is 10.7. The van der Waals surface area contributed by atoms with E-state index in [0.717, 1.165) is 11.7 Å². The number of hydrogen-bond donors (Lipinski definition) is 1. The molecule has 1 N–H and O–H groups in total. The van der Waals surface area contributed by atoms with Gasteiger partial charge in [-0.3, -0.25) is 4.79 Å². The molecule has 90 valence electrons. The van der Waals surface area contributed by atoms with Gasteiger partial charge in [0.05, 0.1) is 0 Å². The lowest BCUT2D eigenvalue weighted by Crippen LogP contribution is -2.11. The van der Waals surface area contributed by atoms with Crippen molar-refractivity contribution in [2.45, 2.75) is 30.3 Å². The zero-order valence-corrected chi connectivity index (χ0v) is 9.83. The molecule has 0 saturated heterocycles. The van der Waals surface area contributed by atoms with E-state index in [9.17, 15) is 4.79 Å². The molecule has 0 amide bonds. The first-order valence-corrected chi connectivity index (χ1v) is 5.69. The third kappa shape index (κ3) is 2.61. The number of tetrazole rings is 1. The van der Waals surface area contributed by atoms with Crippen LogP contribution in [0.3, 0.4) is 0 Å². The molecule has 2 aromatic rings. The van der Waals surface area contributed by atoms with Crippen LogP contribution in [0.25, 0.3) is 0 Å². The van der Waals surface area contributed by atoms with Crippen molar-refractivity contribution in [3.63, 3.8) is 0 Å². The van der Waals surface area contributed by atoms with Gasteiger partial charge >= 0.3 is 5.97 Å². The van der Waals surface area contributed by atoms with Crippen molar-refractivity contribution in [1.29, 1.82) is 0 Å². The molecule has 0 atom stereocenters. The molecule has 9 heteroatoms. The first kappa shape index (κ1) is 11.6. The van der Waals surface area contributed by atoms with Crippen LogP contribution in [0.5, 0.6) is 0 Å². The summed E-state index contributed by atoms with van der Waals surface area (Å²) in [6.45, 7) is 2.51. The van der Waals surface area contributed by atoms with Gasteiger partial charge in [-0.2, -0.15) is 0 Å². The highest BCUT2D eigenvalue weighted by molar-refractivity contribution is 7.99. The van der Waals surface area contributed by atoms with E-state index in [4.69, 9.17) is 5.11 Å². The minimum Gasteiger partial charge on any atom is -0.480 e. The van der Waals surface area contributed by atoms with Gasteiger partial charge in [0.15, 0.2) is 5.16 Å². The first-order chi connectivity index (χ1) is 8.20. The number of aliphatic carboxylic acids is 1. The van der Waals surface area contributed by atoms with Crippen molar-refractivity contribution >= 4 is 17.7 Å². The zero-order chi connectivity index (χ0) is 12.3. The zero-order valence-electron chi connectivity index (χ0n) is 9.02. The molecule has 0 aromatic carbocycles. The second kappa shape index (κ2) is 4.95. The summed E-state index contributed by atoms with van der Waals surface area (Å²) in [5, 5.41) is 20.7. The van der Waals surface area contributed by atoms with Crippen molar-refractivity contribution in [2.24, 2.45) is 0 Å². The van der Waals surface area contributed by atoms with E-state index < -0.39 is 5.97 Å². The van der Waals surface area contributed by atoms with Crippen LogP contribution in [0.1, 0.15) is 6.92 Å². The Bertz CT molecular complexity index is 522. The highest BCUT2D eigenvalue weighted by atomic mass is 32.2. The van der Waals surface area contributed by atoms with Crippen molar-refractivity contribution in [3.8, 4) is 0 Å². The maximum atomic E-state index is 10.6. The van der Waals surface area contributed by atoms with Crippen LogP contribution >= 0.6 is 11.8 Å². The molecular formula is C8H10N6O2S. The summed E-state index contributed by atoms with van der Waals surface area (Å²) in [4.78, 5) is 14.7. The van der Waals surface area contributed by atoms with E-state index in [-0.39, 0.29) is 6.54 Å². The molecule has 0 aliphatic carbocycles. The van der Waals surface area contributed by atoms with Crippen molar-refractivity contribution in [2.75, 3.05) is 0 Å². The van der Waals surface area contributed by atoms with Gasteiger partial charge < -0.3 is 9.67 Å². The number of rotatable bonds is 5. The van der Waals surface area contributed by atoms with Gasteiger partial charge in [-0.25, -0.2) is 9.67 Å². The molecule has 0 bridgehead atoms. The Balaban J connectivity index is 2.18. The largest absolute Gasteiger partial charge is 0.480 e. The predicted octanol–water partition coefficient (Wildman–Crippen LogP) is 0.125. The summed E-state index contributed by atoms with van der Waals surface area (Å²) in [5.41, 5.74) is 0. The topological polar surface area (TPSA) is 98.7 Å². The smallest absolute Gasteiger partial charge is 0.325 e. The molecule has 8 nitrogen and oxygen atoms in total. The summed E-state index contributed by atoms with van der Waals surface area (Å²) in [5.74, 6) is -0.988. The second-order valence-corrected chi connectivity index (χ2v) is 4.05. The van der Waals surface area contributed by atoms with Crippen LogP contribution in [0.15, 0.2) is 22.7 Å². The summed E-state index contributed by atoms with van der Waals surface area (Å²) >= 11 is 1.24. The number of carbonyl (C=O) groups is 1. The molecule has 2 rings (SSSR count). The standard InChI is InChI=1S/C8H10N6O2S/c1-2-13-4-3-9-7(13)17-8-10-11-12-14(8)5-6(15)16/h3-4H,2,5H2,1H3,(H,15,16). The number of aromatic nitrogens is 6. The fourth-order valence-corrected chi connectivity index (χ4v) is 2.09. The average Bonchev–Trinajstić information content (AvgIpc) is 2.88. The summed E-state index contributed by atoms with van der Waals surface area (Å²) in [6, 6.07) is 0. The Morgan fingerprint density at radius 3 is 3.06 bits per heavy atom. The van der Waals surface area contributed by atoms with E-state index in [1.807, 2.05) is 17.7 Å². The number of hydrogen-bond acceptors (Lipinski definition) is 6. The maximum absolute atomic E-state index is 10.6. The van der Waals surface area contributed by atoms with Gasteiger partial charge in [0.1, 0.15) is 6.54 Å². The monoisotopic (exact) mass is 254 g/mol. The Morgan fingerprint density at radius 2 is 2.35 bits per heavy atom. The lowest BCUT2D eigenvalue weighted by Gasteiger charge is -2.03. The van der Waals surface area contributed by atoms with Crippen LogP contribution < -0.4 is 0 Å². The first-order valence-electron chi connectivity index (χ1n) is 4.87. The Morgan fingerprint density at radius 1 is 1.53 bits per heavy atom. The molecule has 0 unspecified atom stereocenters. The van der Waals surface area contributed by atoms with Gasteiger partial charge in [0.2, 0.25) is 5.16 Å². The number of nitrogens with zero attached hydrogens (tertiary/aromatic N) is 6. The van der Waals surface area contributed by atoms with Gasteiger partial charge in [0, 0.05) is 18.9 Å². The Kier molecular flexibility index (Phi) is 3.38. The summed E-state index contributed by atoms with van der Waals surface area (Å²) < 4.78 is 3.14. The molecule has 2 heterocycles. The Hall–Kier alpha value is -1.90. The summed E-state index contributed by atoms with van der Waals surface area (Å²) in [6.07, 6.45) is 3.52. The molecule has 2 aromatic heterocycles. The van der Waals surface area contributed by atoms with Crippen LogP contribution in [-0.2, 0) is 17.9 Å². The van der Waals surface area contributed by atoms with Crippen molar-refractivity contribution in [1.82, 2.24) is 29.8 Å². The number of imidazole rings is 1. The van der Waals surface area contributed by atoms with Gasteiger partial charge in [-0.05, 0) is 29.1 Å². The molecule has 0 radical (unpaired) electrons. The minimum atomic E-state index is -0.988. The van der Waals surface area contributed by atoms with E-state index >= 15 is 0 Å². The molecule has 17 heavy (non-hydrogen) atoms. The van der Waals surface area contributed by atoms with Crippen molar-refractivity contribution < 1.29 is 9.90 Å². The third-order valence-electron chi connectivity index (χ3n) is 1.98. The number of carboxylic acids is 1. The van der Waals surface area contributed by atoms with E-state index in [1.165, 1.54) is 16.4 Å². The number of aryl methyl sites for hydroxylation is 1. The highest BCUT2D eigenvalue weighted by Gasteiger charge is 2.13. The third-order valence-corrected chi connectivity index (χ3v) is 2.98. The molecule has 0 spiro atoms. The molecule has 0 aliphatic rings. The Labute approximate surface area is 101 Å². The fraction of sp³-hybridized carbons (Fsp3) is 0.375. The van der Waals surface area contributed by atoms with E-state index in [0.29, 0.717) is 5.16 Å². The normalized spacial score (nSPS) is 10.6. The average molecular weight is 254 g/mol. The van der Waals surface area contributed by atoms with E-state index in [1.54, 1.807) is 6.20 Å². The predicted molar refractivity (Wildman–Crippen MR) is 57.5 cm³/mol. The van der Waals surface area contributed by atoms with Gasteiger partial charge in [0.25, 0.3) is 0 Å². The van der Waals surface area contributed by atoms with Gasteiger partial charge in [-0.15, -0.1) is 5.10 Å². The summed E-state index contributed by atoms with van der Waals surface area (Å²) in [7, 11) is 0. The van der Waals surface area contributed by atoms with Gasteiger partial charge in [-0.1, -0.05) is 0 Å². The van der Waals surface area contributed by atoms with Crippen LogP contribution in [0.4, 0.5) is 0 Å². The highest BCUT2D eigenvalue weighted by Crippen LogP contribution is 2.23. The second-order valence-electron chi connectivity index (χ2n) is 3.11. The molecular weight excluding hydrogens is 244 g/mol. The lowest BCUT2D eigenvalue weighted by molar-refractivity contribution is -0.138. The SMILES string of the molecule is CCn1ccnc1Sc1nnnn1CC(=O)O. The van der Waals surface area contributed by atoms with Crippen molar-refractivity contribution in [3.05, 3.63) is 12.4 Å². The molecule has 0 fully saturated rings. The van der Waals surface area contributed by atoms with Crippen LogP contribution in [-0.4, -0.2) is 40.8 Å². The quantitative estimate of drug-likeness (QED) is 0.809. The molecule has 0 aliphatic heterocycles. The van der Waals surface area contributed by atoms with Crippen LogP contribution in [0, 0.1) is 0 Å². The number of carboxylic acid groups (broad SMARTS) is 1. The van der Waals surface area contributed by atoms with E-state index in [2.05, 4.69) is 20.5 Å². The fourth-order valence-electron chi connectivity index (χ4n) is 1.22.